The Hall–Kier alpha value is -3.89. The zero-order chi connectivity index (χ0) is 22.8. The number of benzene rings is 2. The lowest BCUT2D eigenvalue weighted by atomic mass is 10.0. The van der Waals surface area contributed by atoms with Crippen molar-refractivity contribution >= 4 is 11.9 Å². The summed E-state index contributed by atoms with van der Waals surface area (Å²) in [7, 11) is 0. The van der Waals surface area contributed by atoms with E-state index in [-0.39, 0.29) is 16.9 Å². The summed E-state index contributed by atoms with van der Waals surface area (Å²) in [5, 5.41) is 25.3. The standard InChI is InChI=1S/C20H15F4N3O4/c21-13-5-2-6-14(8-13)27-17(28)9-16(26-27)19(31)25-15(10-18(29)30)11-3-1-4-12(7-11)20(22,23)24/h1-9,15,28H,10H2,(H,25,31)(H,29,30). The molecule has 31 heavy (non-hydrogen) atoms. The second-order valence-electron chi connectivity index (χ2n) is 6.53. The van der Waals surface area contributed by atoms with Gasteiger partial charge in [-0.3, -0.25) is 9.59 Å². The van der Waals surface area contributed by atoms with Gasteiger partial charge >= 0.3 is 12.1 Å². The van der Waals surface area contributed by atoms with E-state index in [4.69, 9.17) is 5.11 Å². The van der Waals surface area contributed by atoms with Gasteiger partial charge in [-0.2, -0.15) is 18.3 Å². The largest absolute Gasteiger partial charge is 0.493 e. The Morgan fingerprint density at radius 3 is 2.45 bits per heavy atom. The Bertz CT molecular complexity index is 1130. The molecule has 11 heteroatoms. The molecule has 0 bridgehead atoms. The fourth-order valence-corrected chi connectivity index (χ4v) is 2.87. The van der Waals surface area contributed by atoms with Crippen molar-refractivity contribution in [1.82, 2.24) is 15.1 Å². The Balaban J connectivity index is 1.89. The van der Waals surface area contributed by atoms with Crippen molar-refractivity contribution in [3.8, 4) is 11.6 Å². The number of aliphatic carboxylic acids is 1. The summed E-state index contributed by atoms with van der Waals surface area (Å²) in [6, 6.07) is 8.61. The van der Waals surface area contributed by atoms with Gasteiger partial charge < -0.3 is 15.5 Å². The van der Waals surface area contributed by atoms with Crippen LogP contribution in [0, 0.1) is 5.82 Å². The number of amides is 1. The number of carbonyl (C=O) groups excluding carboxylic acids is 1. The second-order valence-corrected chi connectivity index (χ2v) is 6.53. The number of carboxylic acids is 1. The van der Waals surface area contributed by atoms with Gasteiger partial charge in [0.05, 0.1) is 23.7 Å². The molecular weight excluding hydrogens is 422 g/mol. The minimum atomic E-state index is -4.65. The number of nitrogens with one attached hydrogen (secondary N) is 1. The monoisotopic (exact) mass is 437 g/mol. The van der Waals surface area contributed by atoms with Crippen LogP contribution in [0.3, 0.4) is 0 Å². The molecule has 2 aromatic carbocycles. The van der Waals surface area contributed by atoms with Crippen molar-refractivity contribution < 1.29 is 37.4 Å². The summed E-state index contributed by atoms with van der Waals surface area (Å²) >= 11 is 0. The van der Waals surface area contributed by atoms with Gasteiger partial charge in [0, 0.05) is 6.07 Å². The number of nitrogens with zero attached hydrogens (tertiary/aromatic N) is 2. The Kier molecular flexibility index (Phi) is 5.95. The average molecular weight is 437 g/mol. The summed E-state index contributed by atoms with van der Waals surface area (Å²) in [6.45, 7) is 0. The van der Waals surface area contributed by atoms with Crippen LogP contribution in [0.5, 0.6) is 5.88 Å². The molecule has 162 valence electrons. The number of halogens is 4. The van der Waals surface area contributed by atoms with Gasteiger partial charge in [-0.05, 0) is 35.9 Å². The summed E-state index contributed by atoms with van der Waals surface area (Å²) in [5.41, 5.74) is -1.29. The first-order valence-electron chi connectivity index (χ1n) is 8.79. The normalized spacial score (nSPS) is 12.4. The van der Waals surface area contributed by atoms with Crippen LogP contribution in [0.4, 0.5) is 17.6 Å². The molecule has 1 amide bonds. The SMILES string of the molecule is O=C(O)CC(NC(=O)c1cc(O)n(-c2cccc(F)c2)n1)c1cccc(C(F)(F)F)c1. The van der Waals surface area contributed by atoms with Crippen LogP contribution in [0.25, 0.3) is 5.69 Å². The van der Waals surface area contributed by atoms with Crippen LogP contribution in [0.1, 0.15) is 34.1 Å². The van der Waals surface area contributed by atoms with Crippen LogP contribution in [0.15, 0.2) is 54.6 Å². The number of rotatable bonds is 6. The molecule has 0 aliphatic heterocycles. The van der Waals surface area contributed by atoms with Crippen LogP contribution in [-0.4, -0.2) is 31.9 Å². The van der Waals surface area contributed by atoms with Crippen LogP contribution in [-0.2, 0) is 11.0 Å². The van der Waals surface area contributed by atoms with Crippen LogP contribution >= 0.6 is 0 Å². The lowest BCUT2D eigenvalue weighted by Gasteiger charge is -2.18. The van der Waals surface area contributed by atoms with Crippen molar-refractivity contribution in [2.24, 2.45) is 0 Å². The van der Waals surface area contributed by atoms with E-state index in [0.29, 0.717) is 0 Å². The number of hydrogen-bond acceptors (Lipinski definition) is 4. The molecule has 0 saturated carbocycles. The minimum Gasteiger partial charge on any atom is -0.493 e. The Labute approximate surface area is 172 Å². The van der Waals surface area contributed by atoms with E-state index in [2.05, 4.69) is 10.4 Å². The lowest BCUT2D eigenvalue weighted by molar-refractivity contribution is -0.138. The molecule has 1 unspecified atom stereocenters. The van der Waals surface area contributed by atoms with E-state index in [0.717, 1.165) is 35.0 Å². The molecule has 0 radical (unpaired) electrons. The minimum absolute atomic E-state index is 0.0700. The first kappa shape index (κ1) is 21.8. The second kappa shape index (κ2) is 8.46. The molecule has 3 rings (SSSR count). The van der Waals surface area contributed by atoms with E-state index in [9.17, 15) is 32.3 Å². The zero-order valence-electron chi connectivity index (χ0n) is 15.6. The number of alkyl halides is 3. The number of hydrogen-bond donors (Lipinski definition) is 3. The van der Waals surface area contributed by atoms with Gasteiger partial charge in [0.15, 0.2) is 5.69 Å². The fourth-order valence-electron chi connectivity index (χ4n) is 2.87. The van der Waals surface area contributed by atoms with Crippen LogP contribution in [0.2, 0.25) is 0 Å². The highest BCUT2D eigenvalue weighted by Gasteiger charge is 2.31. The summed E-state index contributed by atoms with van der Waals surface area (Å²) in [4.78, 5) is 23.8. The highest BCUT2D eigenvalue weighted by atomic mass is 19.4. The molecule has 0 aliphatic rings. The molecule has 1 aromatic heterocycles. The Morgan fingerprint density at radius 2 is 1.81 bits per heavy atom. The molecule has 0 spiro atoms. The fraction of sp³-hybridized carbons (Fsp3) is 0.150. The molecule has 0 saturated heterocycles. The molecule has 3 N–H and O–H groups in total. The van der Waals surface area contributed by atoms with Gasteiger partial charge in [0.2, 0.25) is 5.88 Å². The maximum absolute atomic E-state index is 13.4. The summed E-state index contributed by atoms with van der Waals surface area (Å²) in [5.74, 6) is -3.39. The first-order valence-corrected chi connectivity index (χ1v) is 8.79. The molecule has 1 atom stereocenters. The van der Waals surface area contributed by atoms with E-state index < -0.39 is 47.8 Å². The van der Waals surface area contributed by atoms with E-state index in [1.165, 1.54) is 24.3 Å². The molecule has 7 nitrogen and oxygen atoms in total. The highest BCUT2D eigenvalue weighted by Crippen LogP contribution is 2.31. The van der Waals surface area contributed by atoms with E-state index >= 15 is 0 Å². The maximum Gasteiger partial charge on any atom is 0.416 e. The number of carbonyl (C=O) groups is 2. The quantitative estimate of drug-likeness (QED) is 0.511. The summed E-state index contributed by atoms with van der Waals surface area (Å²) < 4.78 is 53.3. The Morgan fingerprint density at radius 1 is 1.10 bits per heavy atom. The third kappa shape index (κ3) is 5.18. The van der Waals surface area contributed by atoms with Gasteiger partial charge in [-0.25, -0.2) is 9.07 Å². The number of aromatic nitrogens is 2. The first-order chi connectivity index (χ1) is 14.5. The predicted octanol–water partition coefficient (Wildman–Crippen LogP) is 3.68. The van der Waals surface area contributed by atoms with E-state index in [1.807, 2.05) is 0 Å². The van der Waals surface area contributed by atoms with Crippen molar-refractivity contribution in [3.63, 3.8) is 0 Å². The molecular formula is C20H15F4N3O4. The van der Waals surface area contributed by atoms with Crippen molar-refractivity contribution in [3.05, 3.63) is 77.2 Å². The van der Waals surface area contributed by atoms with Crippen molar-refractivity contribution in [1.29, 1.82) is 0 Å². The van der Waals surface area contributed by atoms with Crippen LogP contribution < -0.4 is 5.32 Å². The predicted molar refractivity (Wildman–Crippen MR) is 99.1 cm³/mol. The van der Waals surface area contributed by atoms with Gasteiger partial charge in [-0.15, -0.1) is 0 Å². The number of aromatic hydroxyl groups is 1. The van der Waals surface area contributed by atoms with Gasteiger partial charge in [0.1, 0.15) is 5.82 Å². The third-order valence-corrected chi connectivity index (χ3v) is 4.28. The average Bonchev–Trinajstić information content (AvgIpc) is 3.08. The van der Waals surface area contributed by atoms with E-state index in [1.54, 1.807) is 0 Å². The lowest BCUT2D eigenvalue weighted by Crippen LogP contribution is -2.30. The van der Waals surface area contributed by atoms with Gasteiger partial charge in [-0.1, -0.05) is 18.2 Å². The van der Waals surface area contributed by atoms with Crippen molar-refractivity contribution in [2.45, 2.75) is 18.6 Å². The third-order valence-electron chi connectivity index (χ3n) is 4.28. The summed E-state index contributed by atoms with van der Waals surface area (Å²) in [6.07, 6.45) is -5.34. The number of carboxylic acid groups (broad SMARTS) is 1. The maximum atomic E-state index is 13.4. The molecule has 0 fully saturated rings. The topological polar surface area (TPSA) is 104 Å². The smallest absolute Gasteiger partial charge is 0.416 e. The molecule has 3 aromatic rings. The van der Waals surface area contributed by atoms with Crippen molar-refractivity contribution in [2.75, 3.05) is 0 Å². The zero-order valence-corrected chi connectivity index (χ0v) is 15.6. The highest BCUT2D eigenvalue weighted by molar-refractivity contribution is 5.93. The molecule has 0 aliphatic carbocycles. The molecule has 1 heterocycles. The van der Waals surface area contributed by atoms with Gasteiger partial charge in [0.25, 0.3) is 5.91 Å².